The number of carbonyl (C=O) groups is 1. The van der Waals surface area contributed by atoms with Gasteiger partial charge in [0.05, 0.1) is 0 Å². The van der Waals surface area contributed by atoms with E-state index in [4.69, 9.17) is 0 Å². The number of aromatic nitrogens is 1. The summed E-state index contributed by atoms with van der Waals surface area (Å²) < 4.78 is 2.40. The molecule has 0 N–H and O–H groups in total. The molecule has 1 aromatic rings. The van der Waals surface area contributed by atoms with Crippen molar-refractivity contribution >= 4 is 5.78 Å². The summed E-state index contributed by atoms with van der Waals surface area (Å²) in [7, 11) is 0. The number of hydrogen-bond donors (Lipinski definition) is 0. The quantitative estimate of drug-likeness (QED) is 0.721. The van der Waals surface area contributed by atoms with E-state index < -0.39 is 0 Å². The number of nitrogens with zero attached hydrogens (tertiary/aromatic N) is 1. The van der Waals surface area contributed by atoms with E-state index in [1.165, 1.54) is 25.0 Å². The van der Waals surface area contributed by atoms with Gasteiger partial charge in [-0.3, -0.25) is 4.79 Å². The van der Waals surface area contributed by atoms with Crippen molar-refractivity contribution in [1.29, 1.82) is 0 Å². The summed E-state index contributed by atoms with van der Waals surface area (Å²) in [6, 6.07) is 2.67. The Balaban J connectivity index is 1.92. The number of Topliss-reactive ketones (excluding diaryl/α,β-unsaturated/α-hetero) is 1. The SMILES string of the molecule is CC1(C)CCC(n2ccc3c2CCCC3=O)C1. The molecule has 1 saturated carbocycles. The Hall–Kier alpha value is -1.05. The van der Waals surface area contributed by atoms with Crippen LogP contribution in [0.4, 0.5) is 0 Å². The van der Waals surface area contributed by atoms with Crippen molar-refractivity contribution < 1.29 is 4.79 Å². The van der Waals surface area contributed by atoms with Crippen LogP contribution in [0.15, 0.2) is 12.3 Å². The first-order chi connectivity index (χ1) is 8.07. The fourth-order valence-corrected chi connectivity index (χ4v) is 3.53. The third kappa shape index (κ3) is 1.84. The first-order valence-corrected chi connectivity index (χ1v) is 6.80. The smallest absolute Gasteiger partial charge is 0.164 e. The van der Waals surface area contributed by atoms with Crippen molar-refractivity contribution in [2.45, 2.75) is 58.4 Å². The van der Waals surface area contributed by atoms with E-state index in [2.05, 4.69) is 24.6 Å². The molecular formula is C15H21NO. The van der Waals surface area contributed by atoms with E-state index in [1.54, 1.807) is 0 Å². The molecule has 2 aliphatic rings. The maximum absolute atomic E-state index is 11.8. The Labute approximate surface area is 103 Å². The Bertz CT molecular complexity index is 455. The number of rotatable bonds is 1. The Morgan fingerprint density at radius 3 is 2.88 bits per heavy atom. The molecule has 0 amide bonds. The minimum absolute atomic E-state index is 0.349. The molecule has 1 fully saturated rings. The van der Waals surface area contributed by atoms with E-state index in [0.29, 0.717) is 17.2 Å². The van der Waals surface area contributed by atoms with Gasteiger partial charge in [0.2, 0.25) is 0 Å². The highest BCUT2D eigenvalue weighted by Crippen LogP contribution is 2.44. The molecule has 3 rings (SSSR count). The predicted molar refractivity (Wildman–Crippen MR) is 68.4 cm³/mol. The Morgan fingerprint density at radius 1 is 1.35 bits per heavy atom. The molecule has 0 aromatic carbocycles. The van der Waals surface area contributed by atoms with Crippen LogP contribution in [-0.2, 0) is 6.42 Å². The minimum Gasteiger partial charge on any atom is -0.348 e. The highest BCUT2D eigenvalue weighted by Gasteiger charge is 2.33. The fraction of sp³-hybridized carbons (Fsp3) is 0.667. The molecule has 0 spiro atoms. The summed E-state index contributed by atoms with van der Waals surface area (Å²) in [5, 5.41) is 0. The molecule has 1 heterocycles. The average Bonchev–Trinajstić information content (AvgIpc) is 2.82. The second-order valence-corrected chi connectivity index (χ2v) is 6.42. The fourth-order valence-electron chi connectivity index (χ4n) is 3.53. The summed E-state index contributed by atoms with van der Waals surface area (Å²) in [6.45, 7) is 4.71. The zero-order chi connectivity index (χ0) is 12.0. The van der Waals surface area contributed by atoms with Crippen LogP contribution >= 0.6 is 0 Å². The van der Waals surface area contributed by atoms with E-state index in [-0.39, 0.29) is 0 Å². The molecule has 0 saturated heterocycles. The summed E-state index contributed by atoms with van der Waals surface area (Å²) >= 11 is 0. The van der Waals surface area contributed by atoms with Crippen molar-refractivity contribution in [2.75, 3.05) is 0 Å². The molecule has 2 nitrogen and oxygen atoms in total. The zero-order valence-corrected chi connectivity index (χ0v) is 10.8. The molecule has 17 heavy (non-hydrogen) atoms. The van der Waals surface area contributed by atoms with E-state index >= 15 is 0 Å². The van der Waals surface area contributed by atoms with Gasteiger partial charge >= 0.3 is 0 Å². The van der Waals surface area contributed by atoms with Crippen LogP contribution < -0.4 is 0 Å². The van der Waals surface area contributed by atoms with Crippen molar-refractivity contribution in [3.63, 3.8) is 0 Å². The highest BCUT2D eigenvalue weighted by molar-refractivity contribution is 5.98. The number of hydrogen-bond acceptors (Lipinski definition) is 1. The lowest BCUT2D eigenvalue weighted by Crippen LogP contribution is -2.16. The predicted octanol–water partition coefficient (Wildman–Crippen LogP) is 3.76. The van der Waals surface area contributed by atoms with Crippen LogP contribution in [0.1, 0.15) is 68.0 Å². The summed E-state index contributed by atoms with van der Waals surface area (Å²) in [5.74, 6) is 0.349. The third-order valence-electron chi connectivity index (χ3n) is 4.48. The van der Waals surface area contributed by atoms with Gasteiger partial charge in [-0.2, -0.15) is 0 Å². The van der Waals surface area contributed by atoms with Crippen LogP contribution in [0, 0.1) is 5.41 Å². The largest absolute Gasteiger partial charge is 0.348 e. The van der Waals surface area contributed by atoms with Gasteiger partial charge in [-0.05, 0) is 43.6 Å². The van der Waals surface area contributed by atoms with Crippen LogP contribution in [0.25, 0.3) is 0 Å². The highest BCUT2D eigenvalue weighted by atomic mass is 16.1. The van der Waals surface area contributed by atoms with Crippen molar-refractivity contribution in [2.24, 2.45) is 5.41 Å². The molecular weight excluding hydrogens is 210 g/mol. The summed E-state index contributed by atoms with van der Waals surface area (Å²) in [6.07, 6.45) is 8.84. The molecule has 0 bridgehead atoms. The molecule has 2 heteroatoms. The van der Waals surface area contributed by atoms with Crippen molar-refractivity contribution in [1.82, 2.24) is 4.57 Å². The van der Waals surface area contributed by atoms with Crippen molar-refractivity contribution in [3.05, 3.63) is 23.5 Å². The zero-order valence-electron chi connectivity index (χ0n) is 10.8. The third-order valence-corrected chi connectivity index (χ3v) is 4.48. The minimum atomic E-state index is 0.349. The number of ketones is 1. The lowest BCUT2D eigenvalue weighted by atomic mass is 9.91. The van der Waals surface area contributed by atoms with Crippen molar-refractivity contribution in [3.8, 4) is 0 Å². The van der Waals surface area contributed by atoms with Gasteiger partial charge in [-0.25, -0.2) is 0 Å². The van der Waals surface area contributed by atoms with Crippen LogP contribution in [0.3, 0.4) is 0 Å². The van der Waals surface area contributed by atoms with E-state index in [9.17, 15) is 4.79 Å². The van der Waals surface area contributed by atoms with Crippen LogP contribution in [-0.4, -0.2) is 10.4 Å². The Kier molecular flexibility index (Phi) is 2.42. The molecule has 92 valence electrons. The molecule has 1 aromatic heterocycles. The average molecular weight is 231 g/mol. The number of fused-ring (bicyclic) bond motifs is 1. The monoisotopic (exact) mass is 231 g/mol. The molecule has 1 atom stereocenters. The standard InChI is InChI=1S/C15H21NO/c1-15(2)8-6-11(10-15)16-9-7-12-13(16)4-3-5-14(12)17/h7,9,11H,3-6,8,10H2,1-2H3. The maximum Gasteiger partial charge on any atom is 0.164 e. The van der Waals surface area contributed by atoms with E-state index in [1.807, 2.05) is 6.07 Å². The first-order valence-electron chi connectivity index (χ1n) is 6.80. The first kappa shape index (κ1) is 11.1. The van der Waals surface area contributed by atoms with Gasteiger partial charge in [0.15, 0.2) is 5.78 Å². The number of carbonyl (C=O) groups excluding carboxylic acids is 1. The van der Waals surface area contributed by atoms with Gasteiger partial charge in [0, 0.05) is 29.9 Å². The van der Waals surface area contributed by atoms with Crippen LogP contribution in [0.5, 0.6) is 0 Å². The second-order valence-electron chi connectivity index (χ2n) is 6.42. The molecule has 1 unspecified atom stereocenters. The topological polar surface area (TPSA) is 22.0 Å². The van der Waals surface area contributed by atoms with Crippen LogP contribution in [0.2, 0.25) is 0 Å². The van der Waals surface area contributed by atoms with Gasteiger partial charge in [-0.1, -0.05) is 13.8 Å². The maximum atomic E-state index is 11.8. The summed E-state index contributed by atoms with van der Waals surface area (Å²) in [4.78, 5) is 11.8. The van der Waals surface area contributed by atoms with E-state index in [0.717, 1.165) is 24.8 Å². The lowest BCUT2D eigenvalue weighted by molar-refractivity contribution is 0.0971. The van der Waals surface area contributed by atoms with Gasteiger partial charge < -0.3 is 4.57 Å². The van der Waals surface area contributed by atoms with Gasteiger partial charge in [0.25, 0.3) is 0 Å². The second kappa shape index (κ2) is 3.72. The summed E-state index contributed by atoms with van der Waals surface area (Å²) in [5.41, 5.74) is 2.78. The van der Waals surface area contributed by atoms with Gasteiger partial charge in [0.1, 0.15) is 0 Å². The molecule has 0 radical (unpaired) electrons. The normalized spacial score (nSPS) is 27.2. The molecule has 2 aliphatic carbocycles. The van der Waals surface area contributed by atoms with Gasteiger partial charge in [-0.15, -0.1) is 0 Å². The lowest BCUT2D eigenvalue weighted by Gasteiger charge is -2.22. The Morgan fingerprint density at radius 2 is 2.18 bits per heavy atom. The molecule has 0 aliphatic heterocycles.